The maximum Gasteiger partial charge on any atom is 0.225 e. The van der Waals surface area contributed by atoms with Crippen molar-refractivity contribution in [1.29, 1.82) is 0 Å². The number of rotatable bonds is 9. The number of hydrogen-bond acceptors (Lipinski definition) is 2. The molecule has 0 aliphatic carbocycles. The highest BCUT2D eigenvalue weighted by Gasteiger charge is 2.22. The molecule has 0 radical (unpaired) electrons. The lowest BCUT2D eigenvalue weighted by atomic mass is 9.86. The van der Waals surface area contributed by atoms with Crippen LogP contribution in [0.2, 0.25) is 0 Å². The van der Waals surface area contributed by atoms with Gasteiger partial charge in [-0.05, 0) is 47.9 Å². The van der Waals surface area contributed by atoms with Gasteiger partial charge < -0.3 is 0 Å². The molecule has 0 rings (SSSR count). The van der Waals surface area contributed by atoms with Crippen LogP contribution in [-0.2, 0) is 9.59 Å². The predicted octanol–water partition coefficient (Wildman–Crippen LogP) is 4.38. The van der Waals surface area contributed by atoms with E-state index in [4.69, 9.17) is 23.2 Å². The summed E-state index contributed by atoms with van der Waals surface area (Å²) < 4.78 is 0. The highest BCUT2D eigenvalue weighted by Crippen LogP contribution is 2.25. The Morgan fingerprint density at radius 1 is 1.06 bits per heavy atom. The van der Waals surface area contributed by atoms with Gasteiger partial charge in [-0.25, -0.2) is 0 Å². The Balaban J connectivity index is 4.16. The number of carbonyl (C=O) groups excluding carboxylic acids is 2. The molecule has 0 aromatic carbocycles. The zero-order chi connectivity index (χ0) is 13.4. The van der Waals surface area contributed by atoms with Crippen molar-refractivity contribution in [1.82, 2.24) is 0 Å². The van der Waals surface area contributed by atoms with Crippen LogP contribution in [0, 0.1) is 17.8 Å². The van der Waals surface area contributed by atoms with E-state index < -0.39 is 16.4 Å². The molecule has 17 heavy (non-hydrogen) atoms. The third-order valence-electron chi connectivity index (χ3n) is 3.00. The summed E-state index contributed by atoms with van der Waals surface area (Å²) in [5.74, 6) is 0.610. The van der Waals surface area contributed by atoms with Gasteiger partial charge in [0.1, 0.15) is 0 Å². The molecule has 0 amide bonds. The van der Waals surface area contributed by atoms with Gasteiger partial charge in [0.15, 0.2) is 0 Å². The largest absolute Gasteiger partial charge is 0.281 e. The van der Waals surface area contributed by atoms with Gasteiger partial charge in [-0.3, -0.25) is 9.59 Å². The minimum absolute atomic E-state index is 0.0520. The summed E-state index contributed by atoms with van der Waals surface area (Å²) in [7, 11) is 0. The topological polar surface area (TPSA) is 34.1 Å². The van der Waals surface area contributed by atoms with Gasteiger partial charge in [-0.15, -0.1) is 0 Å². The number of hydrogen-bond donors (Lipinski definition) is 0. The monoisotopic (exact) mass is 280 g/mol. The molecule has 3 unspecified atom stereocenters. The van der Waals surface area contributed by atoms with Crippen LogP contribution in [-0.4, -0.2) is 10.5 Å². The minimum atomic E-state index is -0.488. The molecule has 100 valence electrons. The van der Waals surface area contributed by atoms with Crippen molar-refractivity contribution in [2.24, 2.45) is 17.8 Å². The maximum absolute atomic E-state index is 11.2. The van der Waals surface area contributed by atoms with Crippen molar-refractivity contribution in [3.8, 4) is 0 Å². The van der Waals surface area contributed by atoms with Crippen molar-refractivity contribution < 1.29 is 9.59 Å². The van der Waals surface area contributed by atoms with Crippen LogP contribution in [0.5, 0.6) is 0 Å². The first-order valence-corrected chi connectivity index (χ1v) is 7.00. The van der Waals surface area contributed by atoms with E-state index in [2.05, 4.69) is 20.8 Å². The normalized spacial score (nSPS) is 16.3. The van der Waals surface area contributed by atoms with E-state index >= 15 is 0 Å². The molecule has 0 fully saturated rings. The predicted molar refractivity (Wildman–Crippen MR) is 72.3 cm³/mol. The summed E-state index contributed by atoms with van der Waals surface area (Å²) in [5.41, 5.74) is 0. The summed E-state index contributed by atoms with van der Waals surface area (Å²) in [6, 6.07) is 0. The second kappa shape index (κ2) is 8.93. The molecule has 0 saturated heterocycles. The molecule has 0 aromatic heterocycles. The van der Waals surface area contributed by atoms with Crippen LogP contribution >= 0.6 is 23.2 Å². The molecule has 3 atom stereocenters. The van der Waals surface area contributed by atoms with Crippen molar-refractivity contribution in [3.05, 3.63) is 0 Å². The van der Waals surface area contributed by atoms with Crippen molar-refractivity contribution in [3.63, 3.8) is 0 Å². The molecule has 0 aromatic rings. The summed E-state index contributed by atoms with van der Waals surface area (Å²) in [4.78, 5) is 22.0. The molecule has 0 aliphatic rings. The van der Waals surface area contributed by atoms with Crippen molar-refractivity contribution in [2.45, 2.75) is 52.9 Å². The van der Waals surface area contributed by atoms with Gasteiger partial charge in [0.05, 0.1) is 0 Å². The van der Waals surface area contributed by atoms with Crippen LogP contribution in [0.25, 0.3) is 0 Å². The van der Waals surface area contributed by atoms with Crippen LogP contribution < -0.4 is 0 Å². The third kappa shape index (κ3) is 8.62. The minimum Gasteiger partial charge on any atom is -0.281 e. The highest BCUT2D eigenvalue weighted by molar-refractivity contribution is 6.66. The lowest BCUT2D eigenvalue weighted by Gasteiger charge is -2.19. The van der Waals surface area contributed by atoms with E-state index in [-0.39, 0.29) is 6.42 Å². The van der Waals surface area contributed by atoms with Crippen molar-refractivity contribution in [2.75, 3.05) is 0 Å². The summed E-state index contributed by atoms with van der Waals surface area (Å²) in [5, 5.41) is -0.938. The van der Waals surface area contributed by atoms with Crippen LogP contribution in [0.3, 0.4) is 0 Å². The average molecular weight is 281 g/mol. The first-order chi connectivity index (χ1) is 7.86. The number of carbonyl (C=O) groups is 2. The molecule has 2 nitrogen and oxygen atoms in total. The molecule has 0 bridgehead atoms. The van der Waals surface area contributed by atoms with E-state index in [0.29, 0.717) is 18.3 Å². The molecular formula is C13H22Cl2O2. The molecular weight excluding hydrogens is 259 g/mol. The molecule has 0 N–H and O–H groups in total. The van der Waals surface area contributed by atoms with E-state index in [1.165, 1.54) is 12.8 Å². The zero-order valence-electron chi connectivity index (χ0n) is 10.8. The average Bonchev–Trinajstić information content (AvgIpc) is 2.15. The Kier molecular flexibility index (Phi) is 8.89. The standard InChI is InChI=1S/C13H22Cl2O2/c1-4-5-9(2)6-10(3)7-11(13(15)17)8-12(14)16/h9-11H,4-8H2,1-3H3. The second-order valence-electron chi connectivity index (χ2n) is 5.03. The summed E-state index contributed by atoms with van der Waals surface area (Å²) in [6.07, 6.45) is 4.13. The first kappa shape index (κ1) is 16.9. The first-order valence-electron chi connectivity index (χ1n) is 6.24. The Hall–Kier alpha value is -0.0800. The van der Waals surface area contributed by atoms with Gasteiger partial charge in [0, 0.05) is 12.3 Å². The fourth-order valence-electron chi connectivity index (χ4n) is 2.33. The summed E-state index contributed by atoms with van der Waals surface area (Å²) >= 11 is 10.8. The van der Waals surface area contributed by atoms with Crippen LogP contribution in [0.15, 0.2) is 0 Å². The van der Waals surface area contributed by atoms with E-state index in [9.17, 15) is 9.59 Å². The van der Waals surface area contributed by atoms with Crippen LogP contribution in [0.4, 0.5) is 0 Å². The fraction of sp³-hybridized carbons (Fsp3) is 0.846. The lowest BCUT2D eigenvalue weighted by molar-refractivity contribution is -0.120. The Bertz CT molecular complexity index is 254. The van der Waals surface area contributed by atoms with E-state index in [1.807, 2.05) is 0 Å². The van der Waals surface area contributed by atoms with Crippen LogP contribution in [0.1, 0.15) is 52.9 Å². The zero-order valence-corrected chi connectivity index (χ0v) is 12.4. The Morgan fingerprint density at radius 3 is 2.06 bits per heavy atom. The Labute approximate surface area is 114 Å². The van der Waals surface area contributed by atoms with Gasteiger partial charge in [-0.2, -0.15) is 0 Å². The fourth-order valence-corrected chi connectivity index (χ4v) is 2.68. The smallest absolute Gasteiger partial charge is 0.225 e. The van der Waals surface area contributed by atoms with Gasteiger partial charge >= 0.3 is 0 Å². The number of halogens is 2. The SMILES string of the molecule is CCCC(C)CC(C)CC(CC(=O)Cl)C(=O)Cl. The highest BCUT2D eigenvalue weighted by atomic mass is 35.5. The van der Waals surface area contributed by atoms with Gasteiger partial charge in [-0.1, -0.05) is 33.6 Å². The molecule has 0 saturated carbocycles. The molecule has 0 aliphatic heterocycles. The Morgan fingerprint density at radius 2 is 1.65 bits per heavy atom. The molecule has 0 heterocycles. The van der Waals surface area contributed by atoms with E-state index in [1.54, 1.807) is 0 Å². The van der Waals surface area contributed by atoms with Crippen molar-refractivity contribution >= 4 is 33.7 Å². The third-order valence-corrected chi connectivity index (χ3v) is 3.46. The van der Waals surface area contributed by atoms with Gasteiger partial charge in [0.2, 0.25) is 10.5 Å². The summed E-state index contributed by atoms with van der Waals surface area (Å²) in [6.45, 7) is 6.47. The molecule has 0 spiro atoms. The maximum atomic E-state index is 11.2. The second-order valence-corrected chi connectivity index (χ2v) is 5.82. The quantitative estimate of drug-likeness (QED) is 0.588. The van der Waals surface area contributed by atoms with E-state index in [0.717, 1.165) is 6.42 Å². The lowest BCUT2D eigenvalue weighted by Crippen LogP contribution is -2.16. The van der Waals surface area contributed by atoms with Gasteiger partial charge in [0.25, 0.3) is 0 Å². The molecule has 4 heteroatoms.